The maximum atomic E-state index is 6.55. The number of pyridine rings is 1. The SMILES string of the molecule is c1ccc2c(c1)nc1c3cc4c(cc3c3c5oc6ccccc6c5ccc3n21)sc1ccccc14. The number of fused-ring (bicyclic) bond motifs is 15. The van der Waals surface area contributed by atoms with Crippen LogP contribution in [0.2, 0.25) is 0 Å². The number of rotatable bonds is 0. The zero-order valence-electron chi connectivity index (χ0n) is 18.4. The second-order valence-electron chi connectivity index (χ2n) is 9.19. The predicted molar refractivity (Wildman–Crippen MR) is 148 cm³/mol. The minimum atomic E-state index is 0.918. The van der Waals surface area contributed by atoms with E-state index in [1.54, 1.807) is 0 Å². The molecule has 0 aliphatic carbocycles. The number of aromatic nitrogens is 2. The highest BCUT2D eigenvalue weighted by molar-refractivity contribution is 7.25. The van der Waals surface area contributed by atoms with Crippen molar-refractivity contribution in [2.45, 2.75) is 0 Å². The quantitative estimate of drug-likeness (QED) is 0.210. The van der Waals surface area contributed by atoms with Crippen LogP contribution in [0.3, 0.4) is 0 Å². The van der Waals surface area contributed by atoms with Crippen LogP contribution in [0.4, 0.5) is 0 Å². The first-order valence-corrected chi connectivity index (χ1v) is 12.5. The fourth-order valence-corrected chi connectivity index (χ4v) is 6.97. The van der Waals surface area contributed by atoms with Gasteiger partial charge in [-0.3, -0.25) is 4.40 Å². The smallest absolute Gasteiger partial charge is 0.146 e. The van der Waals surface area contributed by atoms with Crippen molar-refractivity contribution in [3.63, 3.8) is 0 Å². The number of para-hydroxylation sites is 3. The Labute approximate surface area is 202 Å². The number of hydrogen-bond acceptors (Lipinski definition) is 3. The first-order valence-electron chi connectivity index (χ1n) is 11.7. The Kier molecular flexibility index (Phi) is 3.17. The van der Waals surface area contributed by atoms with Crippen molar-refractivity contribution in [1.29, 1.82) is 0 Å². The zero-order valence-corrected chi connectivity index (χ0v) is 19.3. The van der Waals surface area contributed by atoms with E-state index in [1.807, 2.05) is 17.4 Å². The third kappa shape index (κ3) is 2.18. The lowest BCUT2D eigenvalue weighted by atomic mass is 10.0. The average molecular weight is 465 g/mol. The molecule has 0 amide bonds. The van der Waals surface area contributed by atoms with Crippen molar-refractivity contribution >= 4 is 91.8 Å². The van der Waals surface area contributed by atoms with Crippen LogP contribution in [-0.2, 0) is 0 Å². The first kappa shape index (κ1) is 18.0. The third-order valence-corrected chi connectivity index (χ3v) is 8.49. The summed E-state index contributed by atoms with van der Waals surface area (Å²) < 4.78 is 11.4. The summed E-state index contributed by atoms with van der Waals surface area (Å²) in [5.74, 6) is 0. The minimum absolute atomic E-state index is 0.918. The molecule has 0 bridgehead atoms. The van der Waals surface area contributed by atoms with E-state index >= 15 is 0 Å². The molecule has 4 aromatic heterocycles. The standard InChI is InChI=1S/C31H16N2OS/c1-5-11-26-17(7-1)19-13-14-25-29(30(19)34-26)21-16-28-20(18-8-2-6-12-27(18)35-28)15-22(21)31-32-23-9-3-4-10-24(23)33(25)31/h1-16H. The van der Waals surface area contributed by atoms with Crippen molar-refractivity contribution in [2.24, 2.45) is 0 Å². The number of furan rings is 1. The maximum Gasteiger partial charge on any atom is 0.146 e. The Bertz CT molecular complexity index is 2330. The van der Waals surface area contributed by atoms with Crippen LogP contribution >= 0.6 is 11.3 Å². The van der Waals surface area contributed by atoms with E-state index in [-0.39, 0.29) is 0 Å². The summed E-state index contributed by atoms with van der Waals surface area (Å²) in [5.41, 5.74) is 6.08. The molecule has 4 heterocycles. The summed E-state index contributed by atoms with van der Waals surface area (Å²) in [5, 5.41) is 8.35. The van der Waals surface area contributed by atoms with Crippen LogP contribution in [0.15, 0.2) is 101 Å². The number of thiophene rings is 1. The van der Waals surface area contributed by atoms with E-state index in [2.05, 4.69) is 95.4 Å². The highest BCUT2D eigenvalue weighted by Crippen LogP contribution is 2.43. The summed E-state index contributed by atoms with van der Waals surface area (Å²) >= 11 is 1.85. The van der Waals surface area contributed by atoms with Crippen molar-refractivity contribution in [3.8, 4) is 0 Å². The second kappa shape index (κ2) is 6.17. The highest BCUT2D eigenvalue weighted by Gasteiger charge is 2.20. The Morgan fingerprint density at radius 1 is 0.600 bits per heavy atom. The lowest BCUT2D eigenvalue weighted by Crippen LogP contribution is -1.92. The van der Waals surface area contributed by atoms with Crippen LogP contribution in [-0.4, -0.2) is 9.38 Å². The first-order chi connectivity index (χ1) is 17.3. The molecule has 0 unspecified atom stereocenters. The molecule has 35 heavy (non-hydrogen) atoms. The normalized spacial score (nSPS) is 12.6. The van der Waals surface area contributed by atoms with Crippen molar-refractivity contribution in [3.05, 3.63) is 97.1 Å². The molecule has 0 saturated carbocycles. The van der Waals surface area contributed by atoms with E-state index in [0.717, 1.165) is 54.9 Å². The van der Waals surface area contributed by atoms with Crippen LogP contribution in [0.5, 0.6) is 0 Å². The monoisotopic (exact) mass is 464 g/mol. The molecule has 0 radical (unpaired) electrons. The molecule has 0 atom stereocenters. The summed E-state index contributed by atoms with van der Waals surface area (Å²) in [6, 6.07) is 34.5. The van der Waals surface area contributed by atoms with Crippen LogP contribution in [0.25, 0.3) is 80.5 Å². The Balaban J connectivity index is 1.64. The molecule has 0 aliphatic rings. The van der Waals surface area contributed by atoms with E-state index < -0.39 is 0 Å². The van der Waals surface area contributed by atoms with Gasteiger partial charge in [0.2, 0.25) is 0 Å². The van der Waals surface area contributed by atoms with Crippen molar-refractivity contribution < 1.29 is 4.42 Å². The molecular weight excluding hydrogens is 448 g/mol. The Hall–Kier alpha value is -4.41. The molecule has 5 aromatic carbocycles. The number of nitrogens with zero attached hydrogens (tertiary/aromatic N) is 2. The van der Waals surface area contributed by atoms with Gasteiger partial charge in [0, 0.05) is 36.3 Å². The van der Waals surface area contributed by atoms with Crippen LogP contribution in [0.1, 0.15) is 0 Å². The lowest BCUT2D eigenvalue weighted by Gasteiger charge is -2.10. The molecule has 0 spiro atoms. The topological polar surface area (TPSA) is 30.4 Å². The van der Waals surface area contributed by atoms with Crippen molar-refractivity contribution in [2.75, 3.05) is 0 Å². The molecule has 0 N–H and O–H groups in total. The molecular formula is C31H16N2OS. The van der Waals surface area contributed by atoms with Gasteiger partial charge in [0.25, 0.3) is 0 Å². The largest absolute Gasteiger partial charge is 0.455 e. The second-order valence-corrected chi connectivity index (χ2v) is 10.3. The maximum absolute atomic E-state index is 6.55. The molecule has 0 aliphatic heterocycles. The molecule has 0 fully saturated rings. The number of hydrogen-bond donors (Lipinski definition) is 0. The summed E-state index contributed by atoms with van der Waals surface area (Å²) in [4.78, 5) is 5.12. The van der Waals surface area contributed by atoms with E-state index in [9.17, 15) is 0 Å². The van der Waals surface area contributed by atoms with Gasteiger partial charge < -0.3 is 4.42 Å². The summed E-state index contributed by atoms with van der Waals surface area (Å²) in [7, 11) is 0. The lowest BCUT2D eigenvalue weighted by molar-refractivity contribution is 0.673. The van der Waals surface area contributed by atoms with E-state index in [4.69, 9.17) is 9.40 Å². The molecule has 0 saturated heterocycles. The van der Waals surface area contributed by atoms with Gasteiger partial charge in [-0.25, -0.2) is 4.98 Å². The number of benzene rings is 5. The molecule has 4 heteroatoms. The summed E-state index contributed by atoms with van der Waals surface area (Å²) in [6.45, 7) is 0. The van der Waals surface area contributed by atoms with Gasteiger partial charge in [0.05, 0.1) is 21.9 Å². The molecule has 9 aromatic rings. The van der Waals surface area contributed by atoms with Crippen molar-refractivity contribution in [1.82, 2.24) is 9.38 Å². The average Bonchev–Trinajstić information content (AvgIpc) is 3.58. The van der Waals surface area contributed by atoms with Gasteiger partial charge in [0.1, 0.15) is 16.8 Å². The molecule has 162 valence electrons. The van der Waals surface area contributed by atoms with E-state index in [1.165, 1.54) is 25.6 Å². The molecule has 3 nitrogen and oxygen atoms in total. The van der Waals surface area contributed by atoms with Gasteiger partial charge in [-0.1, -0.05) is 48.5 Å². The minimum Gasteiger partial charge on any atom is -0.455 e. The van der Waals surface area contributed by atoms with Gasteiger partial charge in [0.15, 0.2) is 0 Å². The summed E-state index contributed by atoms with van der Waals surface area (Å²) in [6.07, 6.45) is 0. The molecule has 9 rings (SSSR count). The Morgan fingerprint density at radius 3 is 2.40 bits per heavy atom. The van der Waals surface area contributed by atoms with E-state index in [0.29, 0.717) is 0 Å². The fourth-order valence-electron chi connectivity index (χ4n) is 5.84. The van der Waals surface area contributed by atoms with Gasteiger partial charge in [-0.2, -0.15) is 0 Å². The fraction of sp³-hybridized carbons (Fsp3) is 0. The van der Waals surface area contributed by atoms with Gasteiger partial charge in [-0.15, -0.1) is 11.3 Å². The highest BCUT2D eigenvalue weighted by atomic mass is 32.1. The number of imidazole rings is 1. The van der Waals surface area contributed by atoms with Crippen LogP contribution in [0, 0.1) is 0 Å². The zero-order chi connectivity index (χ0) is 22.7. The third-order valence-electron chi connectivity index (χ3n) is 7.35. The van der Waals surface area contributed by atoms with Gasteiger partial charge in [-0.05, 0) is 53.9 Å². The van der Waals surface area contributed by atoms with Gasteiger partial charge >= 0.3 is 0 Å². The van der Waals surface area contributed by atoms with Crippen LogP contribution < -0.4 is 0 Å². The predicted octanol–water partition coefficient (Wildman–Crippen LogP) is 9.06. The Morgan fingerprint density at radius 2 is 1.43 bits per heavy atom.